The van der Waals surface area contributed by atoms with Crippen LogP contribution in [0.15, 0.2) is 91.0 Å². The Morgan fingerprint density at radius 3 is 1.91 bits per heavy atom. The highest BCUT2D eigenvalue weighted by molar-refractivity contribution is 6.99. The molecule has 0 radical (unpaired) electrons. The zero-order chi connectivity index (χ0) is 24.9. The summed E-state index contributed by atoms with van der Waals surface area (Å²) in [6, 6.07) is 29.9. The number of aromatic nitrogens is 4. The standard InChI is InChI=1S/C27H33N5O2Si/c1-27(2,3)35(23-15-9-5-10-16-23,24-17-11-6-12-18-24)34-20-22(33)19-32-26(29-30-31-32)25(28)21-13-7-4-8-14-21/h4-18,22,25,33H,19-20,28H2,1-3H3/t22-,25+/m1/s1. The molecule has 0 spiro atoms. The fraction of sp³-hybridized carbons (Fsp3) is 0.296. The van der Waals surface area contributed by atoms with E-state index in [-0.39, 0.29) is 18.2 Å². The minimum Gasteiger partial charge on any atom is -0.405 e. The summed E-state index contributed by atoms with van der Waals surface area (Å²) < 4.78 is 8.40. The van der Waals surface area contributed by atoms with Crippen LogP contribution in [-0.2, 0) is 11.0 Å². The highest BCUT2D eigenvalue weighted by Crippen LogP contribution is 2.36. The first-order valence-electron chi connectivity index (χ1n) is 11.8. The molecule has 0 aliphatic carbocycles. The van der Waals surface area contributed by atoms with Crippen molar-refractivity contribution in [3.05, 3.63) is 102 Å². The van der Waals surface area contributed by atoms with Crippen LogP contribution in [0.2, 0.25) is 5.04 Å². The molecule has 0 bridgehead atoms. The van der Waals surface area contributed by atoms with Gasteiger partial charge in [0, 0.05) is 0 Å². The summed E-state index contributed by atoms with van der Waals surface area (Å²) in [6.45, 7) is 6.96. The summed E-state index contributed by atoms with van der Waals surface area (Å²) >= 11 is 0. The van der Waals surface area contributed by atoms with Crippen LogP contribution in [0.1, 0.15) is 38.2 Å². The van der Waals surface area contributed by atoms with Crippen LogP contribution in [0.5, 0.6) is 0 Å². The first-order valence-corrected chi connectivity index (χ1v) is 13.7. The van der Waals surface area contributed by atoms with Crippen LogP contribution >= 0.6 is 0 Å². The van der Waals surface area contributed by atoms with Gasteiger partial charge in [0.2, 0.25) is 0 Å². The number of nitrogens with zero attached hydrogens (tertiary/aromatic N) is 4. The van der Waals surface area contributed by atoms with Crippen molar-refractivity contribution in [3.8, 4) is 0 Å². The fourth-order valence-electron chi connectivity index (χ4n) is 4.61. The first-order chi connectivity index (χ1) is 16.8. The summed E-state index contributed by atoms with van der Waals surface area (Å²) in [5.74, 6) is 0.501. The predicted octanol–water partition coefficient (Wildman–Crippen LogP) is 2.66. The van der Waals surface area contributed by atoms with Crippen LogP contribution in [0.3, 0.4) is 0 Å². The minimum absolute atomic E-state index is 0.146. The van der Waals surface area contributed by atoms with Gasteiger partial charge in [-0.05, 0) is 31.4 Å². The maximum absolute atomic E-state index is 11.1. The molecule has 0 saturated carbocycles. The molecule has 2 atom stereocenters. The van der Waals surface area contributed by atoms with Gasteiger partial charge in [0.1, 0.15) is 0 Å². The molecule has 0 amide bonds. The summed E-state index contributed by atoms with van der Waals surface area (Å²) in [7, 11) is -2.75. The molecule has 8 heteroatoms. The van der Waals surface area contributed by atoms with Gasteiger partial charge < -0.3 is 15.3 Å². The number of benzene rings is 3. The van der Waals surface area contributed by atoms with Crippen LogP contribution in [0.4, 0.5) is 0 Å². The van der Waals surface area contributed by atoms with Crippen molar-refractivity contribution in [1.82, 2.24) is 20.2 Å². The summed E-state index contributed by atoms with van der Waals surface area (Å²) in [5.41, 5.74) is 7.32. The van der Waals surface area contributed by atoms with Gasteiger partial charge in [0.15, 0.2) is 5.82 Å². The van der Waals surface area contributed by atoms with Gasteiger partial charge in [-0.25, -0.2) is 4.68 Å². The maximum atomic E-state index is 11.1. The smallest absolute Gasteiger partial charge is 0.261 e. The van der Waals surface area contributed by atoms with E-state index in [2.05, 4.69) is 60.6 Å². The molecule has 4 rings (SSSR count). The second kappa shape index (κ2) is 10.6. The topological polar surface area (TPSA) is 99.1 Å². The van der Waals surface area contributed by atoms with Crippen molar-refractivity contribution < 1.29 is 9.53 Å². The van der Waals surface area contributed by atoms with Crippen LogP contribution in [-0.4, -0.2) is 46.3 Å². The summed E-state index contributed by atoms with van der Waals surface area (Å²) in [4.78, 5) is 0. The van der Waals surface area contributed by atoms with Gasteiger partial charge in [-0.15, -0.1) is 5.10 Å². The van der Waals surface area contributed by atoms with Gasteiger partial charge >= 0.3 is 0 Å². The third kappa shape index (κ3) is 5.25. The second-order valence-corrected chi connectivity index (χ2v) is 14.0. The molecule has 1 heterocycles. The molecule has 0 saturated heterocycles. The third-order valence-electron chi connectivity index (χ3n) is 6.29. The first kappa shape index (κ1) is 24.9. The molecule has 0 aliphatic rings. The zero-order valence-corrected chi connectivity index (χ0v) is 21.5. The molecule has 7 nitrogen and oxygen atoms in total. The number of tetrazole rings is 1. The molecule has 0 fully saturated rings. The minimum atomic E-state index is -2.75. The Labute approximate surface area is 207 Å². The van der Waals surface area contributed by atoms with E-state index in [1.807, 2.05) is 66.7 Å². The third-order valence-corrected chi connectivity index (χ3v) is 11.3. The van der Waals surface area contributed by atoms with E-state index in [9.17, 15) is 5.11 Å². The largest absolute Gasteiger partial charge is 0.405 e. The van der Waals surface area contributed by atoms with Crippen molar-refractivity contribution in [2.24, 2.45) is 5.73 Å². The lowest BCUT2D eigenvalue weighted by atomic mass is 10.1. The average Bonchev–Trinajstić information content (AvgIpc) is 3.33. The van der Waals surface area contributed by atoms with E-state index in [0.717, 1.165) is 5.56 Å². The molecule has 3 aromatic carbocycles. The number of hydrogen-bond donors (Lipinski definition) is 2. The van der Waals surface area contributed by atoms with Crippen molar-refractivity contribution in [1.29, 1.82) is 0 Å². The van der Waals surface area contributed by atoms with Gasteiger partial charge in [0.25, 0.3) is 8.32 Å². The van der Waals surface area contributed by atoms with Gasteiger partial charge in [-0.2, -0.15) is 0 Å². The molecule has 3 N–H and O–H groups in total. The normalized spacial score (nSPS) is 14.0. The predicted molar refractivity (Wildman–Crippen MR) is 140 cm³/mol. The number of rotatable bonds is 9. The van der Waals surface area contributed by atoms with Crippen LogP contribution in [0.25, 0.3) is 0 Å². The molecule has 35 heavy (non-hydrogen) atoms. The number of hydrogen-bond acceptors (Lipinski definition) is 6. The van der Waals surface area contributed by atoms with Gasteiger partial charge in [-0.1, -0.05) is 112 Å². The Kier molecular flexibility index (Phi) is 7.56. The molecule has 182 valence electrons. The Morgan fingerprint density at radius 2 is 1.40 bits per heavy atom. The SMILES string of the molecule is CC(C)(C)[Si](OC[C@H](O)Cn1nnnc1[C@@H](N)c1ccccc1)(c1ccccc1)c1ccccc1. The molecule has 4 aromatic rings. The number of aliphatic hydroxyl groups is 1. The van der Waals surface area contributed by atoms with E-state index in [0.29, 0.717) is 5.82 Å². The van der Waals surface area contributed by atoms with E-state index in [4.69, 9.17) is 10.2 Å². The number of nitrogens with two attached hydrogens (primary N) is 1. The van der Waals surface area contributed by atoms with Crippen molar-refractivity contribution in [3.63, 3.8) is 0 Å². The summed E-state index contributed by atoms with van der Waals surface area (Å²) in [5, 5.41) is 25.2. The van der Waals surface area contributed by atoms with E-state index >= 15 is 0 Å². The number of aliphatic hydroxyl groups excluding tert-OH is 1. The second-order valence-electron chi connectivity index (χ2n) is 9.74. The fourth-order valence-corrected chi connectivity index (χ4v) is 9.21. The molecule has 1 aromatic heterocycles. The lowest BCUT2D eigenvalue weighted by molar-refractivity contribution is 0.0833. The van der Waals surface area contributed by atoms with Crippen LogP contribution in [0, 0.1) is 0 Å². The lowest BCUT2D eigenvalue weighted by Gasteiger charge is -2.43. The van der Waals surface area contributed by atoms with Gasteiger partial charge in [-0.3, -0.25) is 0 Å². The Balaban J connectivity index is 1.59. The zero-order valence-electron chi connectivity index (χ0n) is 20.5. The Morgan fingerprint density at radius 1 is 0.886 bits per heavy atom. The van der Waals surface area contributed by atoms with Crippen molar-refractivity contribution in [2.45, 2.75) is 44.5 Å². The molecule has 0 aliphatic heterocycles. The summed E-state index contributed by atoms with van der Waals surface area (Å²) in [6.07, 6.45) is -0.818. The highest BCUT2D eigenvalue weighted by Gasteiger charge is 2.50. The van der Waals surface area contributed by atoms with Gasteiger partial charge in [0.05, 0.1) is 25.3 Å². The monoisotopic (exact) mass is 487 g/mol. The van der Waals surface area contributed by atoms with E-state index in [1.165, 1.54) is 10.4 Å². The Hall–Kier alpha value is -3.17. The highest BCUT2D eigenvalue weighted by atomic mass is 28.4. The Bertz CT molecular complexity index is 1160. The van der Waals surface area contributed by atoms with E-state index in [1.54, 1.807) is 4.68 Å². The quantitative estimate of drug-likeness (QED) is 0.352. The van der Waals surface area contributed by atoms with Crippen molar-refractivity contribution in [2.75, 3.05) is 6.61 Å². The van der Waals surface area contributed by atoms with E-state index < -0.39 is 20.5 Å². The lowest BCUT2D eigenvalue weighted by Crippen LogP contribution is -2.67. The van der Waals surface area contributed by atoms with Crippen LogP contribution < -0.4 is 16.1 Å². The average molecular weight is 488 g/mol. The van der Waals surface area contributed by atoms with Crippen molar-refractivity contribution >= 4 is 18.7 Å². The molecule has 0 unspecified atom stereocenters. The molecular weight excluding hydrogens is 454 g/mol. The molecular formula is C27H33N5O2Si. The maximum Gasteiger partial charge on any atom is 0.261 e.